The molecule has 0 spiro atoms. The van der Waals surface area contributed by atoms with Crippen LogP contribution in [0, 0.1) is 0 Å². The van der Waals surface area contributed by atoms with E-state index < -0.39 is 10.8 Å². The lowest BCUT2D eigenvalue weighted by Crippen LogP contribution is -2.15. The highest BCUT2D eigenvalue weighted by Gasteiger charge is 2.09. The molecule has 2 N–H and O–H groups in total. The van der Waals surface area contributed by atoms with E-state index in [0.717, 1.165) is 35.6 Å². The number of halogens is 1. The highest BCUT2D eigenvalue weighted by atomic mass is 79.9. The van der Waals surface area contributed by atoms with Crippen molar-refractivity contribution in [3.8, 4) is 0 Å². The number of nitrogens with zero attached hydrogens (tertiary/aromatic N) is 2. The molecule has 7 heteroatoms. The zero-order valence-corrected chi connectivity index (χ0v) is 13.3. The fourth-order valence-corrected chi connectivity index (χ4v) is 2.28. The number of anilines is 2. The Kier molecular flexibility index (Phi) is 6.56. The Hall–Kier alpha value is -0.690. The van der Waals surface area contributed by atoms with E-state index in [1.807, 2.05) is 13.8 Å². The molecule has 2 unspecified atom stereocenters. The van der Waals surface area contributed by atoms with Crippen LogP contribution in [0.1, 0.15) is 20.3 Å². The maximum atomic E-state index is 11.2. The maximum absolute atomic E-state index is 11.2. The van der Waals surface area contributed by atoms with E-state index in [2.05, 4.69) is 36.5 Å². The summed E-state index contributed by atoms with van der Waals surface area (Å²) in [4.78, 5) is 8.32. The number of aromatic nitrogens is 2. The first kappa shape index (κ1) is 15.4. The molecule has 2 atom stereocenters. The van der Waals surface area contributed by atoms with Crippen molar-refractivity contribution in [1.82, 2.24) is 9.97 Å². The van der Waals surface area contributed by atoms with Crippen molar-refractivity contribution in [3.05, 3.63) is 10.8 Å². The van der Waals surface area contributed by atoms with Crippen LogP contribution in [0.25, 0.3) is 0 Å². The molecule has 102 valence electrons. The Labute approximate surface area is 119 Å². The molecule has 0 saturated carbocycles. The van der Waals surface area contributed by atoms with E-state index in [0.29, 0.717) is 0 Å². The molecule has 0 fully saturated rings. The summed E-state index contributed by atoms with van der Waals surface area (Å²) in [5.74, 6) is 1.54. The van der Waals surface area contributed by atoms with Crippen molar-refractivity contribution in [2.75, 3.05) is 30.0 Å². The van der Waals surface area contributed by atoms with Crippen LogP contribution in [0.3, 0.4) is 0 Å². The van der Waals surface area contributed by atoms with Gasteiger partial charge in [0.1, 0.15) is 22.4 Å². The van der Waals surface area contributed by atoms with E-state index in [1.54, 1.807) is 6.26 Å². The number of hydrogen-bond acceptors (Lipinski definition) is 5. The van der Waals surface area contributed by atoms with Crippen LogP contribution in [0.2, 0.25) is 0 Å². The molecule has 0 bridgehead atoms. The second-order valence-electron chi connectivity index (χ2n) is 3.94. The molecule has 0 aliphatic heterocycles. The van der Waals surface area contributed by atoms with Gasteiger partial charge in [0.25, 0.3) is 0 Å². The summed E-state index contributed by atoms with van der Waals surface area (Å²) >= 11 is 3.47. The van der Waals surface area contributed by atoms with Gasteiger partial charge in [-0.2, -0.15) is 0 Å². The van der Waals surface area contributed by atoms with Crippen molar-refractivity contribution in [1.29, 1.82) is 0 Å². The number of rotatable bonds is 7. The summed E-state index contributed by atoms with van der Waals surface area (Å²) in [7, 11) is -0.778. The van der Waals surface area contributed by atoms with Crippen LogP contribution in [-0.4, -0.2) is 38.8 Å². The predicted molar refractivity (Wildman–Crippen MR) is 80.5 cm³/mol. The number of nitrogens with one attached hydrogen (secondary N) is 2. The second-order valence-corrected chi connectivity index (χ2v) is 6.53. The summed E-state index contributed by atoms with van der Waals surface area (Å²) < 4.78 is 12.1. The Bertz CT molecular complexity index is 416. The molecule has 0 aliphatic carbocycles. The lowest BCUT2D eigenvalue weighted by Gasteiger charge is -2.12. The summed E-state index contributed by atoms with van der Waals surface area (Å²) in [5.41, 5.74) is 0. The van der Waals surface area contributed by atoms with Gasteiger partial charge < -0.3 is 10.6 Å². The molecule has 5 nitrogen and oxygen atoms in total. The van der Waals surface area contributed by atoms with Gasteiger partial charge in [-0.3, -0.25) is 4.21 Å². The minimum absolute atomic E-state index is 0.186. The van der Waals surface area contributed by atoms with Gasteiger partial charge in [-0.25, -0.2) is 9.97 Å². The molecule has 1 aromatic rings. The largest absolute Gasteiger partial charge is 0.369 e. The van der Waals surface area contributed by atoms with E-state index >= 15 is 0 Å². The van der Waals surface area contributed by atoms with E-state index in [-0.39, 0.29) is 5.25 Å². The van der Waals surface area contributed by atoms with Gasteiger partial charge in [-0.05, 0) is 29.3 Å². The van der Waals surface area contributed by atoms with Gasteiger partial charge in [0, 0.05) is 35.4 Å². The van der Waals surface area contributed by atoms with Gasteiger partial charge in [-0.15, -0.1) is 0 Å². The summed E-state index contributed by atoms with van der Waals surface area (Å²) in [6.07, 6.45) is 4.09. The predicted octanol–water partition coefficient (Wildman–Crippen LogP) is 2.24. The molecule has 0 aliphatic rings. The van der Waals surface area contributed by atoms with Gasteiger partial charge >= 0.3 is 0 Å². The minimum atomic E-state index is -0.778. The SMILES string of the molecule is CCNc1ncnc(NCCC(C)S(C)=O)c1Br. The van der Waals surface area contributed by atoms with E-state index in [9.17, 15) is 4.21 Å². The number of hydrogen-bond donors (Lipinski definition) is 2. The lowest BCUT2D eigenvalue weighted by molar-refractivity contribution is 0.672. The average Bonchev–Trinajstić information content (AvgIpc) is 2.33. The van der Waals surface area contributed by atoms with Crippen molar-refractivity contribution in [2.24, 2.45) is 0 Å². The topological polar surface area (TPSA) is 66.9 Å². The molecular weight excluding hydrogens is 316 g/mol. The molecular formula is C11H19BrN4OS. The van der Waals surface area contributed by atoms with Crippen molar-refractivity contribution in [3.63, 3.8) is 0 Å². The van der Waals surface area contributed by atoms with Gasteiger partial charge in [0.05, 0.1) is 0 Å². The van der Waals surface area contributed by atoms with Crippen LogP contribution >= 0.6 is 15.9 Å². The maximum Gasteiger partial charge on any atom is 0.145 e. The fourth-order valence-electron chi connectivity index (χ4n) is 1.34. The standard InChI is InChI=1S/C11H19BrN4OS/c1-4-13-10-9(12)11(16-7-15-10)14-6-5-8(2)18(3)17/h7-8H,4-6H2,1-3H3,(H2,13,14,15,16). The Morgan fingerprint density at radius 2 is 2.00 bits per heavy atom. The highest BCUT2D eigenvalue weighted by Crippen LogP contribution is 2.26. The van der Waals surface area contributed by atoms with Gasteiger partial charge in [0.15, 0.2) is 0 Å². The van der Waals surface area contributed by atoms with Crippen molar-refractivity contribution < 1.29 is 4.21 Å². The van der Waals surface area contributed by atoms with Crippen LogP contribution in [-0.2, 0) is 10.8 Å². The van der Waals surface area contributed by atoms with E-state index in [1.165, 1.54) is 6.33 Å². The van der Waals surface area contributed by atoms with Crippen molar-refractivity contribution in [2.45, 2.75) is 25.5 Å². The van der Waals surface area contributed by atoms with Crippen LogP contribution < -0.4 is 10.6 Å². The first-order valence-corrected chi connectivity index (χ1v) is 8.28. The summed E-state index contributed by atoms with van der Waals surface area (Å²) in [5, 5.41) is 6.56. The van der Waals surface area contributed by atoms with Gasteiger partial charge in [-0.1, -0.05) is 6.92 Å². The molecule has 18 heavy (non-hydrogen) atoms. The summed E-state index contributed by atoms with van der Waals surface area (Å²) in [6.45, 7) is 5.54. The summed E-state index contributed by atoms with van der Waals surface area (Å²) in [6, 6.07) is 0. The Morgan fingerprint density at radius 3 is 2.56 bits per heavy atom. The first-order chi connectivity index (χ1) is 8.56. The average molecular weight is 335 g/mol. The van der Waals surface area contributed by atoms with Crippen LogP contribution in [0.15, 0.2) is 10.8 Å². The quantitative estimate of drug-likeness (QED) is 0.800. The normalized spacial score (nSPS) is 14.0. The van der Waals surface area contributed by atoms with Crippen LogP contribution in [0.4, 0.5) is 11.6 Å². The highest BCUT2D eigenvalue weighted by molar-refractivity contribution is 9.10. The van der Waals surface area contributed by atoms with Crippen molar-refractivity contribution >= 4 is 38.4 Å². The smallest absolute Gasteiger partial charge is 0.145 e. The zero-order chi connectivity index (χ0) is 13.5. The molecule has 1 heterocycles. The van der Waals surface area contributed by atoms with Crippen LogP contribution in [0.5, 0.6) is 0 Å². The Morgan fingerprint density at radius 1 is 1.39 bits per heavy atom. The second kappa shape index (κ2) is 7.68. The fraction of sp³-hybridized carbons (Fsp3) is 0.636. The molecule has 0 radical (unpaired) electrons. The lowest BCUT2D eigenvalue weighted by atomic mass is 10.3. The molecule has 0 saturated heterocycles. The minimum Gasteiger partial charge on any atom is -0.369 e. The monoisotopic (exact) mass is 334 g/mol. The van der Waals surface area contributed by atoms with E-state index in [4.69, 9.17) is 0 Å². The molecule has 0 amide bonds. The third-order valence-corrected chi connectivity index (χ3v) is 4.66. The third-order valence-electron chi connectivity index (χ3n) is 2.54. The zero-order valence-electron chi connectivity index (χ0n) is 10.9. The molecule has 0 aromatic carbocycles. The molecule has 1 aromatic heterocycles. The first-order valence-electron chi connectivity index (χ1n) is 5.86. The Balaban J connectivity index is 2.57. The molecule has 1 rings (SSSR count). The third kappa shape index (κ3) is 4.53. The van der Waals surface area contributed by atoms with Gasteiger partial charge in [0.2, 0.25) is 0 Å².